The van der Waals surface area contributed by atoms with Crippen molar-refractivity contribution in [3.8, 4) is 11.9 Å². The Kier molecular flexibility index (Phi) is 2.44. The highest BCUT2D eigenvalue weighted by Crippen LogP contribution is 2.25. The molecule has 0 saturated carbocycles. The van der Waals surface area contributed by atoms with Gasteiger partial charge in [0, 0.05) is 23.3 Å². The molecule has 0 aliphatic carbocycles. The Balaban J connectivity index is 2.70. The summed E-state index contributed by atoms with van der Waals surface area (Å²) >= 11 is 1.25. The SMILES string of the molecule is C[C@H](CC#N)c1cc(O)ns1. The molecule has 0 amide bonds. The lowest BCUT2D eigenvalue weighted by Gasteiger charge is -1.99. The molecule has 0 spiro atoms. The van der Waals surface area contributed by atoms with E-state index in [0.717, 1.165) is 4.88 Å². The maximum absolute atomic E-state index is 8.89. The van der Waals surface area contributed by atoms with Crippen molar-refractivity contribution in [3.63, 3.8) is 0 Å². The molecule has 0 aromatic carbocycles. The highest BCUT2D eigenvalue weighted by Gasteiger charge is 2.08. The van der Waals surface area contributed by atoms with Gasteiger partial charge < -0.3 is 5.11 Å². The predicted octanol–water partition coefficient (Wildman–Crippen LogP) is 1.87. The average molecular weight is 168 g/mol. The number of rotatable bonds is 2. The van der Waals surface area contributed by atoms with E-state index in [1.54, 1.807) is 6.07 Å². The number of nitrogens with zero attached hydrogens (tertiary/aromatic N) is 2. The summed E-state index contributed by atoms with van der Waals surface area (Å²) in [4.78, 5) is 0.962. The number of hydrogen-bond donors (Lipinski definition) is 1. The molecule has 4 heteroatoms. The van der Waals surface area contributed by atoms with E-state index in [1.165, 1.54) is 11.5 Å². The van der Waals surface area contributed by atoms with E-state index in [2.05, 4.69) is 10.4 Å². The van der Waals surface area contributed by atoms with E-state index in [-0.39, 0.29) is 11.8 Å². The van der Waals surface area contributed by atoms with Gasteiger partial charge in [-0.15, -0.1) is 0 Å². The minimum Gasteiger partial charge on any atom is -0.493 e. The Morgan fingerprint density at radius 2 is 2.64 bits per heavy atom. The standard InChI is InChI=1S/C7H8N2OS/c1-5(2-3-8)6-4-7(10)9-11-6/h4-5H,2H2,1H3,(H,9,10)/t5-/m1/s1. The second kappa shape index (κ2) is 3.35. The zero-order chi connectivity index (χ0) is 8.27. The Morgan fingerprint density at radius 1 is 1.91 bits per heavy atom. The normalized spacial score (nSPS) is 12.4. The molecular weight excluding hydrogens is 160 g/mol. The third-order valence-corrected chi connectivity index (χ3v) is 2.41. The summed E-state index contributed by atoms with van der Waals surface area (Å²) in [5, 5.41) is 17.3. The first-order valence-electron chi connectivity index (χ1n) is 3.26. The molecule has 0 radical (unpaired) electrons. The van der Waals surface area contributed by atoms with Gasteiger partial charge in [-0.25, -0.2) is 0 Å². The number of nitriles is 1. The molecule has 1 aromatic heterocycles. The average Bonchev–Trinajstić information content (AvgIpc) is 2.36. The van der Waals surface area contributed by atoms with Crippen molar-refractivity contribution in [2.24, 2.45) is 0 Å². The molecule has 1 rings (SSSR count). The van der Waals surface area contributed by atoms with E-state index in [0.29, 0.717) is 6.42 Å². The third-order valence-electron chi connectivity index (χ3n) is 1.40. The van der Waals surface area contributed by atoms with Crippen LogP contribution < -0.4 is 0 Å². The quantitative estimate of drug-likeness (QED) is 0.733. The van der Waals surface area contributed by atoms with Crippen LogP contribution in [0.3, 0.4) is 0 Å². The summed E-state index contributed by atoms with van der Waals surface area (Å²) in [5.41, 5.74) is 0. The largest absolute Gasteiger partial charge is 0.493 e. The molecule has 0 aliphatic rings. The lowest BCUT2D eigenvalue weighted by atomic mass is 10.1. The van der Waals surface area contributed by atoms with Crippen LogP contribution in [0.25, 0.3) is 0 Å². The maximum Gasteiger partial charge on any atom is 0.222 e. The second-order valence-corrected chi connectivity index (χ2v) is 3.19. The fourth-order valence-corrected chi connectivity index (χ4v) is 1.42. The Hall–Kier alpha value is -1.08. The van der Waals surface area contributed by atoms with E-state index in [1.807, 2.05) is 6.92 Å². The smallest absolute Gasteiger partial charge is 0.222 e. The van der Waals surface area contributed by atoms with Gasteiger partial charge in [0.1, 0.15) is 0 Å². The van der Waals surface area contributed by atoms with Crippen molar-refractivity contribution < 1.29 is 5.11 Å². The van der Waals surface area contributed by atoms with Crippen molar-refractivity contribution in [1.29, 1.82) is 5.26 Å². The van der Waals surface area contributed by atoms with Crippen LogP contribution in [0.15, 0.2) is 6.07 Å². The topological polar surface area (TPSA) is 56.9 Å². The third kappa shape index (κ3) is 1.92. The minimum absolute atomic E-state index is 0.0507. The molecule has 0 aliphatic heterocycles. The first kappa shape index (κ1) is 8.02. The van der Waals surface area contributed by atoms with Crippen LogP contribution in [-0.4, -0.2) is 9.48 Å². The zero-order valence-electron chi connectivity index (χ0n) is 6.11. The van der Waals surface area contributed by atoms with Crippen LogP contribution in [0.1, 0.15) is 24.1 Å². The van der Waals surface area contributed by atoms with Crippen LogP contribution in [0.4, 0.5) is 0 Å². The molecular formula is C7H8N2OS. The van der Waals surface area contributed by atoms with E-state index in [4.69, 9.17) is 10.4 Å². The van der Waals surface area contributed by atoms with Crippen LogP contribution >= 0.6 is 11.5 Å². The number of aromatic nitrogens is 1. The first-order chi connectivity index (χ1) is 5.24. The fraction of sp³-hybridized carbons (Fsp3) is 0.429. The van der Waals surface area contributed by atoms with Crippen LogP contribution in [0.2, 0.25) is 0 Å². The van der Waals surface area contributed by atoms with Gasteiger partial charge in [-0.2, -0.15) is 9.64 Å². The van der Waals surface area contributed by atoms with E-state index < -0.39 is 0 Å². The number of aromatic hydroxyl groups is 1. The van der Waals surface area contributed by atoms with E-state index >= 15 is 0 Å². The summed E-state index contributed by atoms with van der Waals surface area (Å²) in [7, 11) is 0. The van der Waals surface area contributed by atoms with Gasteiger partial charge in [0.25, 0.3) is 0 Å². The highest BCUT2D eigenvalue weighted by molar-refractivity contribution is 7.06. The second-order valence-electron chi connectivity index (χ2n) is 2.35. The van der Waals surface area contributed by atoms with Gasteiger partial charge in [-0.3, -0.25) is 0 Å². The lowest BCUT2D eigenvalue weighted by molar-refractivity contribution is 0.459. The van der Waals surface area contributed by atoms with Crippen LogP contribution in [0.5, 0.6) is 5.88 Å². The Labute approximate surface area is 69.1 Å². The summed E-state index contributed by atoms with van der Waals surface area (Å²) < 4.78 is 3.71. The monoisotopic (exact) mass is 168 g/mol. The van der Waals surface area contributed by atoms with Crippen molar-refractivity contribution in [2.45, 2.75) is 19.3 Å². The lowest BCUT2D eigenvalue weighted by Crippen LogP contribution is -1.86. The Bertz CT molecular complexity index is 276. The molecule has 0 saturated heterocycles. The molecule has 1 atom stereocenters. The molecule has 58 valence electrons. The van der Waals surface area contributed by atoms with Crippen LogP contribution in [-0.2, 0) is 0 Å². The fourth-order valence-electron chi connectivity index (χ4n) is 0.749. The summed E-state index contributed by atoms with van der Waals surface area (Å²) in [6.45, 7) is 1.94. The van der Waals surface area contributed by atoms with Crippen molar-refractivity contribution in [3.05, 3.63) is 10.9 Å². The molecule has 1 N–H and O–H groups in total. The zero-order valence-corrected chi connectivity index (χ0v) is 6.93. The summed E-state index contributed by atoms with van der Waals surface area (Å²) in [5.74, 6) is 0.230. The molecule has 0 bridgehead atoms. The van der Waals surface area contributed by atoms with Crippen molar-refractivity contribution in [2.75, 3.05) is 0 Å². The first-order valence-corrected chi connectivity index (χ1v) is 4.04. The van der Waals surface area contributed by atoms with Gasteiger partial charge in [0.05, 0.1) is 6.07 Å². The van der Waals surface area contributed by atoms with Gasteiger partial charge >= 0.3 is 0 Å². The highest BCUT2D eigenvalue weighted by atomic mass is 32.1. The van der Waals surface area contributed by atoms with E-state index in [9.17, 15) is 0 Å². The van der Waals surface area contributed by atoms with Gasteiger partial charge in [0.15, 0.2) is 0 Å². The molecule has 1 aromatic rings. The molecule has 1 heterocycles. The van der Waals surface area contributed by atoms with Crippen molar-refractivity contribution in [1.82, 2.24) is 4.37 Å². The van der Waals surface area contributed by atoms with Gasteiger partial charge in [0.2, 0.25) is 5.88 Å². The summed E-state index contributed by atoms with van der Waals surface area (Å²) in [6.07, 6.45) is 0.474. The Morgan fingerprint density at radius 3 is 3.09 bits per heavy atom. The molecule has 0 unspecified atom stereocenters. The summed E-state index contributed by atoms with van der Waals surface area (Å²) in [6, 6.07) is 3.68. The predicted molar refractivity (Wildman–Crippen MR) is 42.4 cm³/mol. The van der Waals surface area contributed by atoms with Gasteiger partial charge in [-0.05, 0) is 11.5 Å². The van der Waals surface area contributed by atoms with Crippen LogP contribution in [0, 0.1) is 11.3 Å². The molecule has 0 fully saturated rings. The van der Waals surface area contributed by atoms with Crippen molar-refractivity contribution >= 4 is 11.5 Å². The molecule has 3 nitrogen and oxygen atoms in total. The van der Waals surface area contributed by atoms with Gasteiger partial charge in [-0.1, -0.05) is 6.92 Å². The maximum atomic E-state index is 8.89. The molecule has 11 heavy (non-hydrogen) atoms. The number of hydrogen-bond acceptors (Lipinski definition) is 4. The minimum atomic E-state index is 0.0507.